The van der Waals surface area contributed by atoms with E-state index in [4.69, 9.17) is 0 Å². The van der Waals surface area contributed by atoms with E-state index in [9.17, 15) is 18.0 Å². The van der Waals surface area contributed by atoms with Gasteiger partial charge in [0.05, 0.1) is 11.3 Å². The zero-order valence-electron chi connectivity index (χ0n) is 20.8. The van der Waals surface area contributed by atoms with Crippen LogP contribution in [0.1, 0.15) is 58.9 Å². The fraction of sp³-hybridized carbons (Fsp3) is 0.600. The lowest BCUT2D eigenvalue weighted by atomic mass is 9.71. The second-order valence-electron chi connectivity index (χ2n) is 10.6. The zero-order chi connectivity index (χ0) is 25.1. The van der Waals surface area contributed by atoms with Gasteiger partial charge in [-0.3, -0.25) is 13.9 Å². The predicted molar refractivity (Wildman–Crippen MR) is 132 cm³/mol. The van der Waals surface area contributed by atoms with Crippen molar-refractivity contribution in [1.82, 2.24) is 20.3 Å². The van der Waals surface area contributed by atoms with E-state index in [-0.39, 0.29) is 28.7 Å². The Labute approximate surface area is 203 Å². The molecule has 3 rings (SSSR count). The molecule has 1 aliphatic heterocycles. The third-order valence-electron chi connectivity index (χ3n) is 6.70. The zero-order valence-corrected chi connectivity index (χ0v) is 21.6. The topological polar surface area (TPSA) is 108 Å². The van der Waals surface area contributed by atoms with Gasteiger partial charge in [0.15, 0.2) is 0 Å². The normalized spacial score (nSPS) is 24.7. The largest absolute Gasteiger partial charge is 0.353 e. The van der Waals surface area contributed by atoms with E-state index in [1.165, 1.54) is 24.5 Å². The molecule has 1 saturated carbocycles. The Morgan fingerprint density at radius 3 is 2.50 bits per heavy atom. The van der Waals surface area contributed by atoms with Gasteiger partial charge in [-0.05, 0) is 56.2 Å². The van der Waals surface area contributed by atoms with E-state index in [1.54, 1.807) is 12.1 Å². The van der Waals surface area contributed by atoms with Crippen LogP contribution in [0.3, 0.4) is 0 Å². The molecule has 1 heterocycles. The van der Waals surface area contributed by atoms with Crippen LogP contribution < -0.4 is 16.0 Å². The maximum atomic E-state index is 13.2. The van der Waals surface area contributed by atoms with Crippen molar-refractivity contribution in [3.63, 3.8) is 0 Å². The van der Waals surface area contributed by atoms with Crippen molar-refractivity contribution in [2.24, 2.45) is 11.3 Å². The first-order valence-corrected chi connectivity index (χ1v) is 13.4. The Morgan fingerprint density at radius 1 is 1.21 bits per heavy atom. The summed E-state index contributed by atoms with van der Waals surface area (Å²) in [6.07, 6.45) is 5.08. The molecular formula is C25H38N4O4S. The highest BCUT2D eigenvalue weighted by atomic mass is 32.2. The highest BCUT2D eigenvalue weighted by Gasteiger charge is 2.40. The average molecular weight is 491 g/mol. The molecule has 34 heavy (non-hydrogen) atoms. The smallest absolute Gasteiger partial charge is 0.264 e. The lowest BCUT2D eigenvalue weighted by Gasteiger charge is -2.43. The summed E-state index contributed by atoms with van der Waals surface area (Å²) in [5.41, 5.74) is 0.809. The molecule has 0 aromatic heterocycles. The Bertz CT molecular complexity index is 1020. The monoisotopic (exact) mass is 490 g/mol. The molecular weight excluding hydrogens is 452 g/mol. The molecule has 1 aromatic carbocycles. The van der Waals surface area contributed by atoms with E-state index in [0.29, 0.717) is 12.0 Å². The summed E-state index contributed by atoms with van der Waals surface area (Å²) >= 11 is 0. The molecule has 1 fully saturated rings. The number of carbonyl (C=O) groups is 2. The predicted octanol–water partition coefficient (Wildman–Crippen LogP) is 2.65. The molecule has 0 saturated heterocycles. The van der Waals surface area contributed by atoms with Crippen LogP contribution in [-0.2, 0) is 19.6 Å². The first-order chi connectivity index (χ1) is 15.9. The van der Waals surface area contributed by atoms with E-state index in [2.05, 4.69) is 43.6 Å². The van der Waals surface area contributed by atoms with Gasteiger partial charge in [0.1, 0.15) is 6.04 Å². The van der Waals surface area contributed by atoms with Gasteiger partial charge in [-0.15, -0.1) is 0 Å². The second kappa shape index (κ2) is 10.5. The molecule has 1 unspecified atom stereocenters. The molecule has 3 N–H and O–H groups in total. The average Bonchev–Trinajstić information content (AvgIpc) is 2.75. The van der Waals surface area contributed by atoms with Crippen LogP contribution in [0, 0.1) is 18.3 Å². The van der Waals surface area contributed by atoms with Crippen LogP contribution in [0.5, 0.6) is 0 Å². The Morgan fingerprint density at radius 2 is 1.88 bits per heavy atom. The minimum absolute atomic E-state index is 0.0403. The van der Waals surface area contributed by atoms with Crippen LogP contribution in [0.2, 0.25) is 0 Å². The molecule has 2 aliphatic rings. The lowest BCUT2D eigenvalue weighted by Crippen LogP contribution is -2.55. The molecule has 188 valence electrons. The van der Waals surface area contributed by atoms with Crippen molar-refractivity contribution >= 4 is 21.8 Å². The fourth-order valence-corrected chi connectivity index (χ4v) is 6.13. The number of nitrogens with zero attached hydrogens (tertiary/aromatic N) is 1. The van der Waals surface area contributed by atoms with Crippen molar-refractivity contribution in [2.45, 2.75) is 83.3 Å². The summed E-state index contributed by atoms with van der Waals surface area (Å²) < 4.78 is 27.5. The van der Waals surface area contributed by atoms with E-state index < -0.39 is 22.0 Å². The summed E-state index contributed by atoms with van der Waals surface area (Å²) in [5, 5.41) is 9.24. The van der Waals surface area contributed by atoms with Crippen LogP contribution in [0.15, 0.2) is 41.6 Å². The Kier molecular flexibility index (Phi) is 8.08. The third kappa shape index (κ3) is 6.18. The van der Waals surface area contributed by atoms with Crippen LogP contribution in [0.25, 0.3) is 0 Å². The molecule has 1 aliphatic carbocycles. The standard InChI is InChI=1S/C25H38N4O4S/c1-17(2)16-27-19-8-11-22(25(4,5)15-19)28-23(30)14-21-24(31)26-12-13-29(21)34(32,33)20-9-6-18(3)7-10-20/h6-7,9-10,12-13,17,19,21-22,27H,8,11,14-16H2,1-5H3,(H,26,31)(H,28,30)/t19?,21-,22-/m1/s1. The molecule has 0 radical (unpaired) electrons. The molecule has 2 amide bonds. The molecule has 8 nitrogen and oxygen atoms in total. The fourth-order valence-electron chi connectivity index (χ4n) is 4.68. The number of benzene rings is 1. The lowest BCUT2D eigenvalue weighted by molar-refractivity contribution is -0.130. The SMILES string of the molecule is Cc1ccc(S(=O)(=O)N2C=CNC(=O)[C@H]2CC(=O)N[C@@H]2CCC(NCC(C)C)CC2(C)C)cc1. The molecule has 3 atom stereocenters. The number of sulfonamides is 1. The van der Waals surface area contributed by atoms with Gasteiger partial charge in [0.2, 0.25) is 11.8 Å². The van der Waals surface area contributed by atoms with Crippen LogP contribution >= 0.6 is 0 Å². The summed E-state index contributed by atoms with van der Waals surface area (Å²) in [6, 6.07) is 5.65. The Balaban J connectivity index is 1.68. The van der Waals surface area contributed by atoms with Crippen molar-refractivity contribution in [3.8, 4) is 0 Å². The van der Waals surface area contributed by atoms with Crippen LogP contribution in [0.4, 0.5) is 0 Å². The number of amides is 2. The van der Waals surface area contributed by atoms with Gasteiger partial charge in [0.25, 0.3) is 10.0 Å². The minimum atomic E-state index is -3.99. The van der Waals surface area contributed by atoms with Gasteiger partial charge < -0.3 is 16.0 Å². The first-order valence-electron chi connectivity index (χ1n) is 12.0. The number of nitrogens with one attached hydrogen (secondary N) is 3. The molecule has 0 spiro atoms. The van der Waals surface area contributed by atoms with Crippen molar-refractivity contribution in [1.29, 1.82) is 0 Å². The highest BCUT2D eigenvalue weighted by Crippen LogP contribution is 2.36. The number of carbonyl (C=O) groups excluding carboxylic acids is 2. The summed E-state index contributed by atoms with van der Waals surface area (Å²) in [5.74, 6) is -0.268. The van der Waals surface area contributed by atoms with Crippen molar-refractivity contribution in [2.75, 3.05) is 6.54 Å². The minimum Gasteiger partial charge on any atom is -0.353 e. The van der Waals surface area contributed by atoms with Gasteiger partial charge in [-0.1, -0.05) is 45.4 Å². The number of rotatable bonds is 8. The summed E-state index contributed by atoms with van der Waals surface area (Å²) in [4.78, 5) is 25.7. The maximum absolute atomic E-state index is 13.2. The number of aryl methyl sites for hydroxylation is 1. The van der Waals surface area contributed by atoms with Crippen LogP contribution in [-0.4, -0.2) is 49.2 Å². The number of hydrogen-bond donors (Lipinski definition) is 3. The quantitative estimate of drug-likeness (QED) is 0.519. The van der Waals surface area contributed by atoms with E-state index in [1.807, 2.05) is 6.92 Å². The highest BCUT2D eigenvalue weighted by molar-refractivity contribution is 7.89. The van der Waals surface area contributed by atoms with Gasteiger partial charge in [-0.25, -0.2) is 8.42 Å². The first kappa shape index (κ1) is 26.2. The number of hydrogen-bond acceptors (Lipinski definition) is 5. The van der Waals surface area contributed by atoms with E-state index in [0.717, 1.165) is 35.7 Å². The van der Waals surface area contributed by atoms with Crippen molar-refractivity contribution < 1.29 is 18.0 Å². The van der Waals surface area contributed by atoms with Gasteiger partial charge in [0, 0.05) is 24.5 Å². The third-order valence-corrected chi connectivity index (χ3v) is 8.50. The molecule has 9 heteroatoms. The van der Waals surface area contributed by atoms with Gasteiger partial charge >= 0.3 is 0 Å². The van der Waals surface area contributed by atoms with Crippen molar-refractivity contribution in [3.05, 3.63) is 42.2 Å². The second-order valence-corrected chi connectivity index (χ2v) is 12.4. The maximum Gasteiger partial charge on any atom is 0.264 e. The van der Waals surface area contributed by atoms with E-state index >= 15 is 0 Å². The summed E-state index contributed by atoms with van der Waals surface area (Å²) in [6.45, 7) is 11.5. The Hall–Kier alpha value is -2.39. The molecule has 0 bridgehead atoms. The van der Waals surface area contributed by atoms with Gasteiger partial charge in [-0.2, -0.15) is 0 Å². The molecule has 1 aromatic rings. The summed E-state index contributed by atoms with van der Waals surface area (Å²) in [7, 11) is -3.99.